The fraction of sp³-hybridized carbons (Fsp3) is 0.0667. The van der Waals surface area contributed by atoms with Gasteiger partial charge in [-0.2, -0.15) is 0 Å². The lowest BCUT2D eigenvalue weighted by Gasteiger charge is -2.08. The van der Waals surface area contributed by atoms with E-state index < -0.39 is 11.8 Å². The van der Waals surface area contributed by atoms with Crippen molar-refractivity contribution >= 4 is 33.8 Å². The summed E-state index contributed by atoms with van der Waals surface area (Å²) < 4.78 is 10.6. The highest BCUT2D eigenvalue weighted by atomic mass is 79.9. The van der Waals surface area contributed by atoms with E-state index in [1.165, 1.54) is 12.1 Å². The standard InChI is InChI=1S/C15H14BrN3O4/c1-22-10-4-2-9(3-5-10)8-11(14(20)19-17)18-15(21)12-6-7-13(16)23-12/h2-8H,17H2,1H3,(H,18,21)(H,19,20). The molecule has 23 heavy (non-hydrogen) atoms. The van der Waals surface area contributed by atoms with Gasteiger partial charge >= 0.3 is 0 Å². The Labute approximate surface area is 140 Å². The molecule has 8 heteroatoms. The molecule has 0 aliphatic rings. The van der Waals surface area contributed by atoms with Gasteiger partial charge < -0.3 is 14.5 Å². The molecular formula is C15H14BrN3O4. The van der Waals surface area contributed by atoms with Crippen LogP contribution in [0.1, 0.15) is 16.1 Å². The van der Waals surface area contributed by atoms with Crippen molar-refractivity contribution < 1.29 is 18.7 Å². The third kappa shape index (κ3) is 4.44. The van der Waals surface area contributed by atoms with Gasteiger partial charge in [-0.15, -0.1) is 0 Å². The van der Waals surface area contributed by atoms with Crippen LogP contribution in [-0.4, -0.2) is 18.9 Å². The number of methoxy groups -OCH3 is 1. The first-order valence-electron chi connectivity index (χ1n) is 6.47. The second-order valence-electron chi connectivity index (χ2n) is 4.36. The summed E-state index contributed by atoms with van der Waals surface area (Å²) in [6, 6.07) is 9.98. The van der Waals surface area contributed by atoms with Gasteiger partial charge in [0.2, 0.25) is 0 Å². The SMILES string of the molecule is COc1ccc(C=C(NC(=O)c2ccc(Br)o2)C(=O)NN)cc1. The molecule has 1 aromatic heterocycles. The number of amides is 2. The van der Waals surface area contributed by atoms with Crippen LogP contribution in [0.3, 0.4) is 0 Å². The number of ether oxygens (including phenoxy) is 1. The number of nitrogens with two attached hydrogens (primary N) is 1. The topological polar surface area (TPSA) is 107 Å². The van der Waals surface area contributed by atoms with E-state index in [9.17, 15) is 9.59 Å². The summed E-state index contributed by atoms with van der Waals surface area (Å²) in [7, 11) is 1.56. The van der Waals surface area contributed by atoms with E-state index in [-0.39, 0.29) is 11.5 Å². The van der Waals surface area contributed by atoms with Gasteiger partial charge in [0.15, 0.2) is 10.4 Å². The van der Waals surface area contributed by atoms with Crippen LogP contribution in [-0.2, 0) is 4.79 Å². The van der Waals surface area contributed by atoms with Gasteiger partial charge in [-0.25, -0.2) is 5.84 Å². The van der Waals surface area contributed by atoms with E-state index in [1.807, 2.05) is 5.43 Å². The third-order valence-corrected chi connectivity index (χ3v) is 3.27. The number of hydrogen-bond donors (Lipinski definition) is 3. The van der Waals surface area contributed by atoms with Crippen LogP contribution >= 0.6 is 15.9 Å². The second kappa shape index (κ2) is 7.61. The first-order valence-corrected chi connectivity index (χ1v) is 7.26. The average molecular weight is 380 g/mol. The lowest BCUT2D eigenvalue weighted by atomic mass is 10.1. The lowest BCUT2D eigenvalue weighted by Crippen LogP contribution is -2.38. The molecule has 120 valence electrons. The molecule has 1 heterocycles. The molecule has 4 N–H and O–H groups in total. The van der Waals surface area contributed by atoms with Gasteiger partial charge in [0.1, 0.15) is 11.4 Å². The van der Waals surface area contributed by atoms with Gasteiger partial charge in [-0.05, 0) is 51.8 Å². The molecule has 1 aromatic carbocycles. The highest BCUT2D eigenvalue weighted by molar-refractivity contribution is 9.10. The molecule has 2 rings (SSSR count). The summed E-state index contributed by atoms with van der Waals surface area (Å²) in [5.41, 5.74) is 2.65. The van der Waals surface area contributed by atoms with Crippen LogP contribution in [0.5, 0.6) is 5.75 Å². The fourth-order valence-electron chi connectivity index (χ4n) is 1.72. The maximum absolute atomic E-state index is 12.1. The second-order valence-corrected chi connectivity index (χ2v) is 5.14. The molecule has 0 bridgehead atoms. The number of carbonyl (C=O) groups is 2. The lowest BCUT2D eigenvalue weighted by molar-refractivity contribution is -0.117. The Bertz CT molecular complexity index is 737. The van der Waals surface area contributed by atoms with E-state index in [0.29, 0.717) is 16.0 Å². The summed E-state index contributed by atoms with van der Waals surface area (Å²) in [4.78, 5) is 23.9. The molecule has 0 saturated carbocycles. The molecule has 0 saturated heterocycles. The van der Waals surface area contributed by atoms with E-state index in [2.05, 4.69) is 21.2 Å². The molecule has 0 aliphatic heterocycles. The number of nitrogens with one attached hydrogen (secondary N) is 2. The molecule has 0 fully saturated rings. The van der Waals surface area contributed by atoms with Crippen molar-refractivity contribution in [2.75, 3.05) is 7.11 Å². The van der Waals surface area contributed by atoms with E-state index in [4.69, 9.17) is 15.0 Å². The number of rotatable bonds is 5. The van der Waals surface area contributed by atoms with Crippen molar-refractivity contribution in [3.8, 4) is 5.75 Å². The summed E-state index contributed by atoms with van der Waals surface area (Å²) in [6.45, 7) is 0. The monoisotopic (exact) mass is 379 g/mol. The molecule has 2 amide bonds. The van der Waals surface area contributed by atoms with Crippen molar-refractivity contribution in [2.45, 2.75) is 0 Å². The van der Waals surface area contributed by atoms with E-state index in [0.717, 1.165) is 0 Å². The largest absolute Gasteiger partial charge is 0.497 e. The number of hydrogen-bond acceptors (Lipinski definition) is 5. The molecule has 0 unspecified atom stereocenters. The maximum Gasteiger partial charge on any atom is 0.291 e. The zero-order chi connectivity index (χ0) is 16.8. The summed E-state index contributed by atoms with van der Waals surface area (Å²) in [6.07, 6.45) is 1.48. The number of hydrazine groups is 1. The third-order valence-electron chi connectivity index (χ3n) is 2.85. The zero-order valence-corrected chi connectivity index (χ0v) is 13.7. The predicted molar refractivity (Wildman–Crippen MR) is 87.2 cm³/mol. The van der Waals surface area contributed by atoms with Crippen LogP contribution in [0.25, 0.3) is 6.08 Å². The summed E-state index contributed by atoms with van der Waals surface area (Å²) in [5.74, 6) is 4.67. The van der Waals surface area contributed by atoms with Crippen molar-refractivity contribution in [1.82, 2.24) is 10.7 Å². The van der Waals surface area contributed by atoms with Crippen molar-refractivity contribution in [3.63, 3.8) is 0 Å². The van der Waals surface area contributed by atoms with Crippen molar-refractivity contribution in [1.29, 1.82) is 0 Å². The minimum atomic E-state index is -0.639. The Morgan fingerprint density at radius 3 is 2.43 bits per heavy atom. The number of benzene rings is 1. The number of furan rings is 1. The Kier molecular flexibility index (Phi) is 5.56. The van der Waals surface area contributed by atoms with E-state index >= 15 is 0 Å². The average Bonchev–Trinajstić information content (AvgIpc) is 3.00. The first-order chi connectivity index (χ1) is 11.0. The predicted octanol–water partition coefficient (Wildman–Crippen LogP) is 1.81. The molecule has 2 aromatic rings. The zero-order valence-electron chi connectivity index (χ0n) is 12.1. The Morgan fingerprint density at radius 1 is 1.22 bits per heavy atom. The van der Waals surface area contributed by atoms with Crippen LogP contribution in [0, 0.1) is 0 Å². The van der Waals surface area contributed by atoms with Crippen LogP contribution in [0.4, 0.5) is 0 Å². The molecule has 0 atom stereocenters. The minimum Gasteiger partial charge on any atom is -0.497 e. The van der Waals surface area contributed by atoms with Crippen molar-refractivity contribution in [2.24, 2.45) is 5.84 Å². The smallest absolute Gasteiger partial charge is 0.291 e. The quantitative estimate of drug-likeness (QED) is 0.318. The highest BCUT2D eigenvalue weighted by Crippen LogP contribution is 2.16. The summed E-state index contributed by atoms with van der Waals surface area (Å²) >= 11 is 3.10. The highest BCUT2D eigenvalue weighted by Gasteiger charge is 2.16. The fourth-order valence-corrected chi connectivity index (χ4v) is 2.03. The number of halogens is 1. The molecule has 0 spiro atoms. The number of carbonyl (C=O) groups excluding carboxylic acids is 2. The normalized spacial score (nSPS) is 11.0. The molecule has 7 nitrogen and oxygen atoms in total. The van der Waals surface area contributed by atoms with Gasteiger partial charge in [-0.1, -0.05) is 12.1 Å². The van der Waals surface area contributed by atoms with Crippen molar-refractivity contribution in [3.05, 3.63) is 58.1 Å². The Morgan fingerprint density at radius 2 is 1.91 bits per heavy atom. The van der Waals surface area contributed by atoms with Crippen LogP contribution in [0.15, 0.2) is 51.2 Å². The van der Waals surface area contributed by atoms with Crippen LogP contribution < -0.4 is 21.3 Å². The molecular weight excluding hydrogens is 366 g/mol. The van der Waals surface area contributed by atoms with Gasteiger partial charge in [0, 0.05) is 0 Å². The minimum absolute atomic E-state index is 0.0183. The Hall–Kier alpha value is -2.58. The van der Waals surface area contributed by atoms with E-state index in [1.54, 1.807) is 37.4 Å². The van der Waals surface area contributed by atoms with Gasteiger partial charge in [0.05, 0.1) is 7.11 Å². The molecule has 0 radical (unpaired) electrons. The van der Waals surface area contributed by atoms with Crippen LogP contribution in [0.2, 0.25) is 0 Å². The van der Waals surface area contributed by atoms with Gasteiger partial charge in [-0.3, -0.25) is 15.0 Å². The summed E-state index contributed by atoms with van der Waals surface area (Å²) in [5, 5.41) is 2.46. The molecule has 0 aliphatic carbocycles. The Balaban J connectivity index is 2.23. The van der Waals surface area contributed by atoms with Gasteiger partial charge in [0.25, 0.3) is 11.8 Å². The maximum atomic E-state index is 12.1. The first kappa shape index (κ1) is 16.8.